The van der Waals surface area contributed by atoms with E-state index in [2.05, 4.69) is 12.2 Å². The quantitative estimate of drug-likeness (QED) is 0.340. The molecule has 0 spiro atoms. The van der Waals surface area contributed by atoms with Gasteiger partial charge in [0.05, 0.1) is 6.54 Å². The normalized spacial score (nSPS) is 9.70. The molecule has 10 heavy (non-hydrogen) atoms. The SMILES string of the molecule is CCCCNCC[N+](=O)[O-]. The Bertz CT molecular complexity index is 95.7. The van der Waals surface area contributed by atoms with E-state index in [0.717, 1.165) is 19.4 Å². The summed E-state index contributed by atoms with van der Waals surface area (Å²) in [6, 6.07) is 0. The molecule has 4 nitrogen and oxygen atoms in total. The van der Waals surface area contributed by atoms with E-state index in [4.69, 9.17) is 0 Å². The molecule has 0 saturated carbocycles. The summed E-state index contributed by atoms with van der Waals surface area (Å²) in [6.45, 7) is 3.51. The van der Waals surface area contributed by atoms with Gasteiger partial charge in [0.25, 0.3) is 0 Å². The van der Waals surface area contributed by atoms with Gasteiger partial charge in [-0.2, -0.15) is 0 Å². The summed E-state index contributed by atoms with van der Waals surface area (Å²) in [7, 11) is 0. The highest BCUT2D eigenvalue weighted by molar-refractivity contribution is 4.44. The molecule has 0 aromatic heterocycles. The molecule has 0 atom stereocenters. The number of hydrogen-bond donors (Lipinski definition) is 1. The predicted molar refractivity (Wildman–Crippen MR) is 39.6 cm³/mol. The number of rotatable bonds is 6. The molecule has 60 valence electrons. The van der Waals surface area contributed by atoms with Gasteiger partial charge < -0.3 is 5.32 Å². The molecule has 0 aliphatic rings. The van der Waals surface area contributed by atoms with E-state index >= 15 is 0 Å². The van der Waals surface area contributed by atoms with Crippen LogP contribution in [0.1, 0.15) is 19.8 Å². The van der Waals surface area contributed by atoms with Crippen molar-refractivity contribution in [2.75, 3.05) is 19.6 Å². The van der Waals surface area contributed by atoms with Crippen LogP contribution in [0.2, 0.25) is 0 Å². The van der Waals surface area contributed by atoms with Gasteiger partial charge in [-0.05, 0) is 13.0 Å². The van der Waals surface area contributed by atoms with Crippen molar-refractivity contribution in [1.82, 2.24) is 5.32 Å². The van der Waals surface area contributed by atoms with Crippen molar-refractivity contribution in [3.63, 3.8) is 0 Å². The van der Waals surface area contributed by atoms with Crippen LogP contribution in [0.25, 0.3) is 0 Å². The second kappa shape index (κ2) is 6.48. The summed E-state index contributed by atoms with van der Waals surface area (Å²) < 4.78 is 0. The molecule has 0 aromatic carbocycles. The maximum absolute atomic E-state index is 9.80. The molecule has 0 bridgehead atoms. The third-order valence-corrected chi connectivity index (χ3v) is 1.18. The molecule has 0 aliphatic heterocycles. The van der Waals surface area contributed by atoms with Crippen molar-refractivity contribution >= 4 is 0 Å². The van der Waals surface area contributed by atoms with E-state index < -0.39 is 0 Å². The lowest BCUT2D eigenvalue weighted by atomic mass is 10.3. The van der Waals surface area contributed by atoms with E-state index in [9.17, 15) is 10.1 Å². The fraction of sp³-hybridized carbons (Fsp3) is 1.00. The molecule has 0 saturated heterocycles. The maximum Gasteiger partial charge on any atom is 0.216 e. The van der Waals surface area contributed by atoms with Gasteiger partial charge in [-0.25, -0.2) is 0 Å². The van der Waals surface area contributed by atoms with Crippen LogP contribution in [0, 0.1) is 10.1 Å². The molecule has 0 amide bonds. The highest BCUT2D eigenvalue weighted by Crippen LogP contribution is 1.81. The highest BCUT2D eigenvalue weighted by Gasteiger charge is 1.93. The number of nitro groups is 1. The molecule has 0 radical (unpaired) electrons. The molecule has 1 N–H and O–H groups in total. The summed E-state index contributed by atoms with van der Waals surface area (Å²) in [5, 5.41) is 12.8. The summed E-state index contributed by atoms with van der Waals surface area (Å²) in [4.78, 5) is 9.49. The van der Waals surface area contributed by atoms with Crippen LogP contribution in [-0.4, -0.2) is 24.6 Å². The van der Waals surface area contributed by atoms with Crippen molar-refractivity contribution in [3.8, 4) is 0 Å². The van der Waals surface area contributed by atoms with E-state index in [1.807, 2.05) is 0 Å². The molecular weight excluding hydrogens is 132 g/mol. The summed E-state index contributed by atoms with van der Waals surface area (Å²) in [6.07, 6.45) is 2.23. The monoisotopic (exact) mass is 146 g/mol. The lowest BCUT2D eigenvalue weighted by Gasteiger charge is -1.97. The third-order valence-electron chi connectivity index (χ3n) is 1.18. The Morgan fingerprint density at radius 2 is 2.20 bits per heavy atom. The van der Waals surface area contributed by atoms with Gasteiger partial charge in [-0.1, -0.05) is 13.3 Å². The molecule has 0 aromatic rings. The van der Waals surface area contributed by atoms with Crippen molar-refractivity contribution in [1.29, 1.82) is 0 Å². The average molecular weight is 146 g/mol. The second-order valence-electron chi connectivity index (χ2n) is 2.16. The van der Waals surface area contributed by atoms with Gasteiger partial charge in [0.1, 0.15) is 0 Å². The molecule has 0 aliphatic carbocycles. The minimum Gasteiger partial charge on any atom is -0.311 e. The van der Waals surface area contributed by atoms with Crippen LogP contribution < -0.4 is 5.32 Å². The van der Waals surface area contributed by atoms with Crippen molar-refractivity contribution < 1.29 is 4.92 Å². The number of hydrogen-bond acceptors (Lipinski definition) is 3. The molecule has 0 rings (SSSR count). The molecular formula is C6H14N2O2. The maximum atomic E-state index is 9.80. The first-order valence-electron chi connectivity index (χ1n) is 3.60. The highest BCUT2D eigenvalue weighted by atomic mass is 16.6. The van der Waals surface area contributed by atoms with E-state index in [0.29, 0.717) is 6.54 Å². The summed E-state index contributed by atoms with van der Waals surface area (Å²) >= 11 is 0. The zero-order valence-electron chi connectivity index (χ0n) is 6.30. The predicted octanol–water partition coefficient (Wildman–Crippen LogP) is 0.653. The van der Waals surface area contributed by atoms with Gasteiger partial charge >= 0.3 is 0 Å². The van der Waals surface area contributed by atoms with Gasteiger partial charge in [0.15, 0.2) is 0 Å². The zero-order chi connectivity index (χ0) is 7.82. The van der Waals surface area contributed by atoms with E-state index in [-0.39, 0.29) is 11.5 Å². The Balaban J connectivity index is 2.84. The molecule has 0 heterocycles. The van der Waals surface area contributed by atoms with Gasteiger partial charge in [-0.3, -0.25) is 10.1 Å². The Morgan fingerprint density at radius 1 is 1.50 bits per heavy atom. The smallest absolute Gasteiger partial charge is 0.216 e. The van der Waals surface area contributed by atoms with Crippen LogP contribution in [0.15, 0.2) is 0 Å². The fourth-order valence-corrected chi connectivity index (χ4v) is 0.597. The second-order valence-corrected chi connectivity index (χ2v) is 2.16. The number of nitrogens with one attached hydrogen (secondary N) is 1. The Kier molecular flexibility index (Phi) is 6.06. The van der Waals surface area contributed by atoms with Crippen LogP contribution in [0.4, 0.5) is 0 Å². The van der Waals surface area contributed by atoms with E-state index in [1.54, 1.807) is 0 Å². The average Bonchev–Trinajstić information content (AvgIpc) is 1.87. The Labute approximate surface area is 60.8 Å². The minimum absolute atomic E-state index is 0.0315. The minimum atomic E-state index is -0.307. The van der Waals surface area contributed by atoms with Crippen LogP contribution in [-0.2, 0) is 0 Å². The van der Waals surface area contributed by atoms with E-state index in [1.165, 1.54) is 0 Å². The Hall–Kier alpha value is -0.640. The van der Waals surface area contributed by atoms with Crippen LogP contribution in [0.5, 0.6) is 0 Å². The first-order valence-corrected chi connectivity index (χ1v) is 3.60. The standard InChI is InChI=1S/C6H14N2O2/c1-2-3-4-7-5-6-8(9)10/h7H,2-6H2,1H3. The fourth-order valence-electron chi connectivity index (χ4n) is 0.597. The topological polar surface area (TPSA) is 55.2 Å². The third kappa shape index (κ3) is 7.36. The molecule has 0 fully saturated rings. The van der Waals surface area contributed by atoms with Gasteiger partial charge in [-0.15, -0.1) is 0 Å². The van der Waals surface area contributed by atoms with Crippen molar-refractivity contribution in [3.05, 3.63) is 10.1 Å². The lowest BCUT2D eigenvalue weighted by Crippen LogP contribution is -2.22. The molecule has 0 unspecified atom stereocenters. The first-order chi connectivity index (χ1) is 4.77. The molecule has 4 heteroatoms. The number of unbranched alkanes of at least 4 members (excludes halogenated alkanes) is 1. The number of nitrogens with zero attached hydrogens (tertiary/aromatic N) is 1. The largest absolute Gasteiger partial charge is 0.311 e. The van der Waals surface area contributed by atoms with Crippen LogP contribution >= 0.6 is 0 Å². The zero-order valence-corrected chi connectivity index (χ0v) is 6.30. The first kappa shape index (κ1) is 9.36. The summed E-state index contributed by atoms with van der Waals surface area (Å²) in [5.74, 6) is 0. The van der Waals surface area contributed by atoms with Crippen molar-refractivity contribution in [2.45, 2.75) is 19.8 Å². The van der Waals surface area contributed by atoms with Gasteiger partial charge in [0, 0.05) is 4.92 Å². The summed E-state index contributed by atoms with van der Waals surface area (Å²) in [5.41, 5.74) is 0. The van der Waals surface area contributed by atoms with Crippen LogP contribution in [0.3, 0.4) is 0 Å². The Morgan fingerprint density at radius 3 is 2.70 bits per heavy atom. The van der Waals surface area contributed by atoms with Gasteiger partial charge in [0.2, 0.25) is 6.54 Å². The van der Waals surface area contributed by atoms with Crippen molar-refractivity contribution in [2.24, 2.45) is 0 Å². The lowest BCUT2D eigenvalue weighted by molar-refractivity contribution is -0.477.